The van der Waals surface area contributed by atoms with Crippen LogP contribution in [0.1, 0.15) is 35.0 Å². The molecule has 196 valence electrons. The number of aromatic carboxylic acids is 1. The molecule has 2 heterocycles. The Balaban J connectivity index is 1.65. The number of carbonyl (C=O) groups is 1. The summed E-state index contributed by atoms with van der Waals surface area (Å²) in [6, 6.07) is 29.5. The van der Waals surface area contributed by atoms with Crippen molar-refractivity contribution in [3.05, 3.63) is 120 Å². The van der Waals surface area contributed by atoms with Crippen LogP contribution in [0.3, 0.4) is 0 Å². The summed E-state index contributed by atoms with van der Waals surface area (Å²) in [6.07, 6.45) is 0.838. The molecule has 0 atom stereocenters. The largest absolute Gasteiger partial charge is 0.488 e. The van der Waals surface area contributed by atoms with Crippen LogP contribution >= 0.6 is 0 Å². The molecule has 1 fully saturated rings. The zero-order chi connectivity index (χ0) is 27.0. The lowest BCUT2D eigenvalue weighted by atomic mass is 9.76. The SMILES string of the molecule is CCC1(c2c(-c3ccc(C(=O)O)cc3)c3c(OCc4ccccc4)cccc3n2-c2ccc(F)cc2)COC1. The summed E-state index contributed by atoms with van der Waals surface area (Å²) in [7, 11) is 0. The van der Waals surface area contributed by atoms with Gasteiger partial charge in [-0.05, 0) is 66.1 Å². The Morgan fingerprint density at radius 3 is 2.28 bits per heavy atom. The van der Waals surface area contributed by atoms with Crippen molar-refractivity contribution >= 4 is 16.9 Å². The van der Waals surface area contributed by atoms with Gasteiger partial charge < -0.3 is 19.1 Å². The van der Waals surface area contributed by atoms with Gasteiger partial charge in [-0.3, -0.25) is 0 Å². The third-order valence-corrected chi connectivity index (χ3v) is 7.63. The number of aromatic nitrogens is 1. The van der Waals surface area contributed by atoms with Crippen molar-refractivity contribution in [1.29, 1.82) is 0 Å². The molecule has 0 saturated carbocycles. The predicted octanol–water partition coefficient (Wildman–Crippen LogP) is 7.39. The molecule has 0 radical (unpaired) electrons. The summed E-state index contributed by atoms with van der Waals surface area (Å²) >= 11 is 0. The van der Waals surface area contributed by atoms with Crippen molar-refractivity contribution in [2.24, 2.45) is 0 Å². The molecule has 1 saturated heterocycles. The summed E-state index contributed by atoms with van der Waals surface area (Å²) in [5.41, 5.74) is 5.68. The number of hydrogen-bond donors (Lipinski definition) is 1. The standard InChI is InChI=1S/C33H28FNO4/c1-2-33(20-38-21-33)31-29(23-11-13-24(14-12-23)32(36)37)30-27(35(31)26-17-15-25(34)16-18-26)9-6-10-28(30)39-19-22-7-4-3-5-8-22/h3-18H,2,19-21H2,1H3,(H,36,37). The molecule has 1 aromatic heterocycles. The summed E-state index contributed by atoms with van der Waals surface area (Å²) in [4.78, 5) is 11.6. The van der Waals surface area contributed by atoms with E-state index in [0.717, 1.165) is 51.1 Å². The zero-order valence-corrected chi connectivity index (χ0v) is 21.6. The Morgan fingerprint density at radius 2 is 1.67 bits per heavy atom. The first-order valence-corrected chi connectivity index (χ1v) is 13.0. The normalized spacial score (nSPS) is 14.2. The predicted molar refractivity (Wildman–Crippen MR) is 149 cm³/mol. The summed E-state index contributed by atoms with van der Waals surface area (Å²) in [6.45, 7) is 3.67. The second kappa shape index (κ2) is 10.0. The van der Waals surface area contributed by atoms with E-state index < -0.39 is 5.97 Å². The van der Waals surface area contributed by atoms with Gasteiger partial charge in [-0.25, -0.2) is 9.18 Å². The number of fused-ring (bicyclic) bond motifs is 1. The maximum Gasteiger partial charge on any atom is 0.335 e. The van der Waals surface area contributed by atoms with Crippen molar-refractivity contribution in [3.8, 4) is 22.6 Å². The van der Waals surface area contributed by atoms with E-state index in [1.165, 1.54) is 12.1 Å². The third-order valence-electron chi connectivity index (χ3n) is 7.63. The van der Waals surface area contributed by atoms with E-state index in [9.17, 15) is 14.3 Å². The number of carboxylic acids is 1. The second-order valence-electron chi connectivity index (χ2n) is 9.97. The Hall–Kier alpha value is -4.42. The van der Waals surface area contributed by atoms with Gasteiger partial charge in [0.15, 0.2) is 0 Å². The van der Waals surface area contributed by atoms with Gasteiger partial charge in [-0.15, -0.1) is 0 Å². The van der Waals surface area contributed by atoms with Crippen LogP contribution in [0.25, 0.3) is 27.7 Å². The molecule has 1 N–H and O–H groups in total. The average Bonchev–Trinajstić information content (AvgIpc) is 3.28. The fourth-order valence-corrected chi connectivity index (χ4v) is 5.44. The molecular weight excluding hydrogens is 493 g/mol. The first-order chi connectivity index (χ1) is 19.0. The van der Waals surface area contributed by atoms with Gasteiger partial charge in [0.05, 0.1) is 35.1 Å². The van der Waals surface area contributed by atoms with Crippen LogP contribution in [0.2, 0.25) is 0 Å². The Morgan fingerprint density at radius 1 is 0.949 bits per heavy atom. The van der Waals surface area contributed by atoms with E-state index in [-0.39, 0.29) is 16.8 Å². The zero-order valence-electron chi connectivity index (χ0n) is 21.6. The lowest BCUT2D eigenvalue weighted by Gasteiger charge is -2.42. The van der Waals surface area contributed by atoms with E-state index in [2.05, 4.69) is 17.6 Å². The fraction of sp³-hybridized carbons (Fsp3) is 0.182. The first kappa shape index (κ1) is 24.9. The number of ether oxygens (including phenoxy) is 2. The highest BCUT2D eigenvalue weighted by Crippen LogP contribution is 2.49. The van der Waals surface area contributed by atoms with E-state index in [0.29, 0.717) is 19.8 Å². The van der Waals surface area contributed by atoms with Gasteiger partial charge in [0.1, 0.15) is 18.2 Å². The molecule has 5 aromatic rings. The van der Waals surface area contributed by atoms with Gasteiger partial charge in [0.25, 0.3) is 0 Å². The Bertz CT molecular complexity index is 1630. The minimum absolute atomic E-state index is 0.223. The van der Waals surface area contributed by atoms with Crippen LogP contribution in [0.5, 0.6) is 5.75 Å². The quantitative estimate of drug-likeness (QED) is 0.231. The van der Waals surface area contributed by atoms with Crippen LogP contribution in [0, 0.1) is 5.82 Å². The average molecular weight is 522 g/mol. The lowest BCUT2D eigenvalue weighted by molar-refractivity contribution is -0.0644. The third kappa shape index (κ3) is 4.37. The van der Waals surface area contributed by atoms with Crippen LogP contribution in [0.4, 0.5) is 4.39 Å². The number of rotatable bonds is 8. The summed E-state index contributed by atoms with van der Waals surface area (Å²) < 4.78 is 28.4. The van der Waals surface area contributed by atoms with Crippen LogP contribution in [-0.4, -0.2) is 28.9 Å². The van der Waals surface area contributed by atoms with E-state index in [1.807, 2.05) is 54.6 Å². The van der Waals surface area contributed by atoms with Crippen molar-refractivity contribution in [1.82, 2.24) is 4.57 Å². The van der Waals surface area contributed by atoms with Crippen molar-refractivity contribution in [3.63, 3.8) is 0 Å². The van der Waals surface area contributed by atoms with E-state index in [4.69, 9.17) is 9.47 Å². The van der Waals surface area contributed by atoms with Gasteiger partial charge in [-0.1, -0.05) is 55.5 Å². The Kier molecular flexibility index (Phi) is 6.41. The fourth-order valence-electron chi connectivity index (χ4n) is 5.44. The molecule has 6 rings (SSSR count). The topological polar surface area (TPSA) is 60.7 Å². The monoisotopic (exact) mass is 521 g/mol. The number of benzene rings is 4. The molecule has 1 aliphatic rings. The van der Waals surface area contributed by atoms with Gasteiger partial charge >= 0.3 is 5.97 Å². The number of carboxylic acid groups (broad SMARTS) is 1. The minimum atomic E-state index is -0.972. The number of halogens is 1. The van der Waals surface area contributed by atoms with E-state index in [1.54, 1.807) is 24.3 Å². The molecule has 4 aromatic carbocycles. The molecule has 0 spiro atoms. The maximum atomic E-state index is 14.0. The van der Waals surface area contributed by atoms with Crippen LogP contribution in [-0.2, 0) is 16.8 Å². The number of nitrogens with zero attached hydrogens (tertiary/aromatic N) is 1. The van der Waals surface area contributed by atoms with Crippen molar-refractivity contribution in [2.45, 2.75) is 25.4 Å². The highest BCUT2D eigenvalue weighted by atomic mass is 19.1. The van der Waals surface area contributed by atoms with Gasteiger partial charge in [0, 0.05) is 16.9 Å². The molecule has 0 amide bonds. The van der Waals surface area contributed by atoms with Crippen LogP contribution in [0.15, 0.2) is 97.1 Å². The maximum absolute atomic E-state index is 14.0. The molecule has 6 heteroatoms. The molecule has 5 nitrogen and oxygen atoms in total. The lowest BCUT2D eigenvalue weighted by Crippen LogP contribution is -2.47. The number of hydrogen-bond acceptors (Lipinski definition) is 3. The van der Waals surface area contributed by atoms with Gasteiger partial charge in [-0.2, -0.15) is 0 Å². The first-order valence-electron chi connectivity index (χ1n) is 13.0. The van der Waals surface area contributed by atoms with Crippen molar-refractivity contribution < 1.29 is 23.8 Å². The van der Waals surface area contributed by atoms with E-state index >= 15 is 0 Å². The molecular formula is C33H28FNO4. The molecule has 0 bridgehead atoms. The van der Waals surface area contributed by atoms with Crippen molar-refractivity contribution in [2.75, 3.05) is 13.2 Å². The minimum Gasteiger partial charge on any atom is -0.488 e. The molecule has 0 unspecified atom stereocenters. The summed E-state index contributed by atoms with van der Waals surface area (Å²) in [5, 5.41) is 10.4. The van der Waals surface area contributed by atoms with Gasteiger partial charge in [0.2, 0.25) is 0 Å². The Labute approximate surface area is 226 Å². The smallest absolute Gasteiger partial charge is 0.335 e. The molecule has 1 aliphatic heterocycles. The summed E-state index contributed by atoms with van der Waals surface area (Å²) in [5.74, 6) is -0.549. The molecule has 0 aliphatic carbocycles. The highest BCUT2D eigenvalue weighted by Gasteiger charge is 2.44. The highest BCUT2D eigenvalue weighted by molar-refractivity contribution is 6.04. The molecule has 39 heavy (non-hydrogen) atoms. The van der Waals surface area contributed by atoms with Crippen LogP contribution < -0.4 is 4.74 Å². The second-order valence-corrected chi connectivity index (χ2v) is 9.97.